The Balaban J connectivity index is 0. The Morgan fingerprint density at radius 1 is 0.750 bits per heavy atom. The van der Waals surface area contributed by atoms with Gasteiger partial charge in [0.05, 0.1) is 0 Å². The summed E-state index contributed by atoms with van der Waals surface area (Å²) in [4.78, 5) is 0. The fourth-order valence-corrected chi connectivity index (χ4v) is 0. The van der Waals surface area contributed by atoms with E-state index in [0.29, 0.717) is 0 Å². The van der Waals surface area contributed by atoms with Crippen molar-refractivity contribution in [2.24, 2.45) is 0 Å². The fourth-order valence-electron chi connectivity index (χ4n) is 0. The van der Waals surface area contributed by atoms with E-state index >= 15 is 0 Å². The summed E-state index contributed by atoms with van der Waals surface area (Å²) in [7, 11) is 0. The van der Waals surface area contributed by atoms with E-state index in [9.17, 15) is 0 Å². The molecule has 0 aromatic rings. The maximum atomic E-state index is 0. The van der Waals surface area contributed by atoms with Crippen molar-refractivity contribution in [1.29, 1.82) is 0 Å². The van der Waals surface area contributed by atoms with Crippen LogP contribution in [0.4, 0.5) is 0 Å². The molecule has 35 valence electrons. The molecule has 0 rings (SSSR count). The molecule has 0 fully saturated rings. The van der Waals surface area contributed by atoms with Gasteiger partial charge in [0, 0.05) is 17.1 Å². The Bertz CT molecular complexity index is 6.00. The maximum Gasteiger partial charge on any atom is 0 e. The summed E-state index contributed by atoms with van der Waals surface area (Å²) in [6.07, 6.45) is 0. The Kier molecular flexibility index (Phi) is 7200. The van der Waals surface area contributed by atoms with Gasteiger partial charge in [-0.3, -0.25) is 0 Å². The van der Waals surface area contributed by atoms with E-state index in [-0.39, 0.29) is 35.4 Å². The third kappa shape index (κ3) is 26.2. The van der Waals surface area contributed by atoms with Crippen molar-refractivity contribution in [2.75, 3.05) is 0 Å². The van der Waals surface area contributed by atoms with Crippen LogP contribution in [0.2, 0.25) is 0 Å². The average Bonchev–Trinajstić information content (AvgIpc) is 0. The number of rotatable bonds is 0. The van der Waals surface area contributed by atoms with Crippen LogP contribution in [-0.2, 0) is 17.1 Å². The monoisotopic (exact) mass is 115 g/mol. The number of hydrogen-bond acceptors (Lipinski definition) is 0. The van der Waals surface area contributed by atoms with Gasteiger partial charge in [0.2, 0.25) is 0 Å². The van der Waals surface area contributed by atoms with Gasteiger partial charge in [-0.05, 0) is 0 Å². The van der Waals surface area contributed by atoms with Gasteiger partial charge < -0.3 is 11.0 Å². The summed E-state index contributed by atoms with van der Waals surface area (Å²) in [5.74, 6) is 0. The molecule has 0 amide bonds. The van der Waals surface area contributed by atoms with Crippen molar-refractivity contribution in [3.8, 4) is 0 Å². The molecule has 0 spiro atoms. The van der Waals surface area contributed by atoms with Crippen LogP contribution in [0.15, 0.2) is 0 Å². The second-order valence-electron chi connectivity index (χ2n) is 0. The van der Waals surface area contributed by atoms with Crippen molar-refractivity contribution in [1.82, 2.24) is 0 Å². The molecule has 0 atom stereocenters. The van der Waals surface area contributed by atoms with Gasteiger partial charge in [-0.2, -0.15) is 0 Å². The van der Waals surface area contributed by atoms with Crippen LogP contribution in [-0.4, -0.2) is 11.0 Å². The Hall–Kier alpha value is 0.439. The van der Waals surface area contributed by atoms with Gasteiger partial charge in [0.15, 0.2) is 0 Å². The molecule has 0 aromatic heterocycles. The summed E-state index contributed by atoms with van der Waals surface area (Å²) in [6.45, 7) is 0. The van der Waals surface area contributed by atoms with Crippen LogP contribution in [0, 0.1) is 0 Å². The third-order valence-electron chi connectivity index (χ3n) is 0. The molecular weight excluding hydrogens is 108 g/mol. The van der Waals surface area contributed by atoms with E-state index in [1.807, 2.05) is 0 Å². The van der Waals surface area contributed by atoms with Gasteiger partial charge in [-0.1, -0.05) is 7.43 Å². The fraction of sp³-hybridized carbons (Fsp3) is 1.00. The summed E-state index contributed by atoms with van der Waals surface area (Å²) >= 11 is 0. The Morgan fingerprint density at radius 3 is 0.750 bits per heavy atom. The number of hydrogen-bond donors (Lipinski definition) is 0. The zero-order valence-corrected chi connectivity index (χ0v) is 2.24. The predicted octanol–water partition coefficient (Wildman–Crippen LogP) is -1.02. The second-order valence-corrected chi connectivity index (χ2v) is 0. The summed E-state index contributed by atoms with van der Waals surface area (Å²) in [5, 5.41) is 0. The topological polar surface area (TPSA) is 63.0 Å². The van der Waals surface area contributed by atoms with E-state index in [2.05, 4.69) is 0 Å². The van der Waals surface area contributed by atoms with Gasteiger partial charge in [-0.25, -0.2) is 0 Å². The summed E-state index contributed by atoms with van der Waals surface area (Å²) < 4.78 is 0. The Labute approximate surface area is 36.3 Å². The molecule has 0 heterocycles. The van der Waals surface area contributed by atoms with Crippen LogP contribution in [0.1, 0.15) is 7.43 Å². The van der Waals surface area contributed by atoms with Crippen molar-refractivity contribution >= 4 is 0 Å². The molecule has 0 aromatic carbocycles. The first-order chi connectivity index (χ1) is 0. The molecule has 4 heavy (non-hydrogen) atoms. The summed E-state index contributed by atoms with van der Waals surface area (Å²) in [6, 6.07) is 0. The van der Waals surface area contributed by atoms with E-state index in [4.69, 9.17) is 0 Å². The quantitative estimate of drug-likeness (QED) is 0.363. The van der Waals surface area contributed by atoms with E-state index in [1.54, 1.807) is 0 Å². The second kappa shape index (κ2) is 106. The predicted molar refractivity (Wildman–Crippen MR) is 14.0 cm³/mol. The van der Waals surface area contributed by atoms with Crippen molar-refractivity contribution in [3.63, 3.8) is 0 Å². The smallest absolute Gasteiger partial charge is 0 e. The maximum absolute atomic E-state index is 0. The first-order valence-corrected chi connectivity index (χ1v) is 0. The molecule has 1 radical (unpaired) electrons. The summed E-state index contributed by atoms with van der Waals surface area (Å²) in [5.41, 5.74) is 0. The van der Waals surface area contributed by atoms with Gasteiger partial charge >= 0.3 is 0 Å². The zero-order chi connectivity index (χ0) is 0. The minimum Gasteiger partial charge on any atom is -0.412 e. The normalized spacial score (nSPS) is 0. The molecule has 2 nitrogen and oxygen atoms in total. The molecule has 0 saturated carbocycles. The molecule has 0 unspecified atom stereocenters. The first-order valence-electron chi connectivity index (χ1n) is 0. The molecule has 0 saturated heterocycles. The van der Waals surface area contributed by atoms with Crippen LogP contribution in [0.25, 0.3) is 0 Å². The zero-order valence-electron chi connectivity index (χ0n) is 1.30. The van der Waals surface area contributed by atoms with E-state index in [1.165, 1.54) is 0 Å². The first kappa shape index (κ1) is 272. The molecular formula is CH8CuO2. The van der Waals surface area contributed by atoms with Crippen molar-refractivity contribution < 1.29 is 28.0 Å². The van der Waals surface area contributed by atoms with Crippen LogP contribution < -0.4 is 0 Å². The molecule has 0 aliphatic carbocycles. The SMILES string of the molecule is C.O.O.[Cu]. The van der Waals surface area contributed by atoms with E-state index in [0.717, 1.165) is 0 Å². The molecule has 0 aliphatic rings. The molecule has 3 heteroatoms. The Morgan fingerprint density at radius 2 is 0.750 bits per heavy atom. The van der Waals surface area contributed by atoms with E-state index < -0.39 is 0 Å². The standard InChI is InChI=1S/CH4.Cu.2H2O/h1H4;;2*1H2. The average molecular weight is 116 g/mol. The van der Waals surface area contributed by atoms with Crippen LogP contribution >= 0.6 is 0 Å². The third-order valence-corrected chi connectivity index (χ3v) is 0. The van der Waals surface area contributed by atoms with Gasteiger partial charge in [-0.15, -0.1) is 0 Å². The largest absolute Gasteiger partial charge is 0.412 e. The van der Waals surface area contributed by atoms with Crippen LogP contribution in [0.5, 0.6) is 0 Å². The molecule has 0 bridgehead atoms. The minimum atomic E-state index is 0. The van der Waals surface area contributed by atoms with Crippen molar-refractivity contribution in [2.45, 2.75) is 7.43 Å². The molecule has 0 aliphatic heterocycles. The van der Waals surface area contributed by atoms with Gasteiger partial charge in [0.1, 0.15) is 0 Å². The molecule has 4 N–H and O–H groups in total. The van der Waals surface area contributed by atoms with Gasteiger partial charge in [0.25, 0.3) is 0 Å². The van der Waals surface area contributed by atoms with Crippen LogP contribution in [0.3, 0.4) is 0 Å². The minimum absolute atomic E-state index is 0. The van der Waals surface area contributed by atoms with Crippen molar-refractivity contribution in [3.05, 3.63) is 0 Å².